The first-order chi connectivity index (χ1) is 15.7. The fourth-order valence-corrected chi connectivity index (χ4v) is 4.84. The summed E-state index contributed by atoms with van der Waals surface area (Å²) in [5.41, 5.74) is -2.67. The van der Waals surface area contributed by atoms with Crippen molar-refractivity contribution in [3.05, 3.63) is 55.2 Å². The van der Waals surface area contributed by atoms with Crippen molar-refractivity contribution < 1.29 is 36.0 Å². The summed E-state index contributed by atoms with van der Waals surface area (Å²) in [6, 6.07) is 5.00. The zero-order chi connectivity index (χ0) is 25.3. The Morgan fingerprint density at radius 2 is 1.76 bits per heavy atom. The second-order valence-electron chi connectivity index (χ2n) is 7.46. The van der Waals surface area contributed by atoms with Gasteiger partial charge in [0.2, 0.25) is 0 Å². The fourth-order valence-electron chi connectivity index (χ4n) is 3.25. The van der Waals surface area contributed by atoms with E-state index in [1.54, 1.807) is 6.92 Å². The molecule has 0 bridgehead atoms. The number of alkyl halides is 6. The van der Waals surface area contributed by atoms with Crippen LogP contribution in [0, 0.1) is 6.92 Å². The highest BCUT2D eigenvalue weighted by Gasteiger charge is 2.62. The van der Waals surface area contributed by atoms with Crippen molar-refractivity contribution in [2.24, 2.45) is 5.16 Å². The Kier molecular flexibility index (Phi) is 7.76. The number of carbonyl (C=O) groups is 1. The van der Waals surface area contributed by atoms with Gasteiger partial charge in [0, 0.05) is 28.7 Å². The molecular formula is C20H17Cl2F6N3O2S. The minimum Gasteiger partial charge on any atom is -0.374 e. The van der Waals surface area contributed by atoms with Gasteiger partial charge in [0.15, 0.2) is 0 Å². The van der Waals surface area contributed by atoms with Crippen LogP contribution in [0.3, 0.4) is 0 Å². The molecule has 14 heteroatoms. The number of nitrogens with zero attached hydrogens (tertiary/aromatic N) is 1. The lowest BCUT2D eigenvalue weighted by atomic mass is 9.88. The number of thiophene rings is 1. The second-order valence-corrected chi connectivity index (χ2v) is 9.38. The number of halogens is 8. The van der Waals surface area contributed by atoms with Crippen LogP contribution in [0.4, 0.5) is 26.3 Å². The highest BCUT2D eigenvalue weighted by atomic mass is 35.5. The Morgan fingerprint density at radius 1 is 1.12 bits per heavy atom. The summed E-state index contributed by atoms with van der Waals surface area (Å²) in [5, 5.41) is 8.27. The summed E-state index contributed by atoms with van der Waals surface area (Å²) < 4.78 is 78.8. The molecule has 1 aliphatic heterocycles. The molecule has 2 N–H and O–H groups in total. The average Bonchev–Trinajstić information content (AvgIpc) is 3.30. The van der Waals surface area contributed by atoms with Crippen molar-refractivity contribution >= 4 is 46.2 Å². The summed E-state index contributed by atoms with van der Waals surface area (Å²) >= 11 is 12.7. The van der Waals surface area contributed by atoms with Crippen molar-refractivity contribution in [3.63, 3.8) is 0 Å². The van der Waals surface area contributed by atoms with Crippen LogP contribution in [0.2, 0.25) is 10.0 Å². The lowest BCUT2D eigenvalue weighted by Gasteiger charge is -2.29. The molecule has 0 fully saturated rings. The number of oxime groups is 1. The van der Waals surface area contributed by atoms with Gasteiger partial charge in [-0.3, -0.25) is 4.79 Å². The average molecular weight is 548 g/mol. The van der Waals surface area contributed by atoms with E-state index in [0.717, 1.165) is 23.5 Å². The van der Waals surface area contributed by atoms with E-state index in [-0.39, 0.29) is 44.2 Å². The van der Waals surface area contributed by atoms with E-state index in [1.165, 1.54) is 12.1 Å². The third-order valence-corrected chi connectivity index (χ3v) is 6.56. The van der Waals surface area contributed by atoms with E-state index < -0.39 is 36.8 Å². The maximum atomic E-state index is 14.1. The third-order valence-electron chi connectivity index (χ3n) is 4.84. The Hall–Kier alpha value is -2.02. The molecule has 1 aliphatic rings. The van der Waals surface area contributed by atoms with Gasteiger partial charge in [-0.15, -0.1) is 11.3 Å². The lowest BCUT2D eigenvalue weighted by molar-refractivity contribution is -0.275. The predicted octanol–water partition coefficient (Wildman–Crippen LogP) is 5.83. The molecule has 1 aromatic heterocycles. The molecule has 2 aromatic rings. The number of aryl methyl sites for hydroxylation is 1. The summed E-state index contributed by atoms with van der Waals surface area (Å²) in [4.78, 5) is 17.8. The highest BCUT2D eigenvalue weighted by molar-refractivity contribution is 7.16. The molecule has 0 saturated heterocycles. The first kappa shape index (κ1) is 26.6. The molecule has 1 atom stereocenters. The Balaban J connectivity index is 1.74. The van der Waals surface area contributed by atoms with E-state index >= 15 is 0 Å². The monoisotopic (exact) mass is 547 g/mol. The number of hydrogen-bond acceptors (Lipinski definition) is 5. The third kappa shape index (κ3) is 5.96. The van der Waals surface area contributed by atoms with Gasteiger partial charge in [0.05, 0.1) is 22.7 Å². The quantitative estimate of drug-likeness (QED) is 0.339. The number of nitrogens with one attached hydrogen (secondary N) is 2. The van der Waals surface area contributed by atoms with Gasteiger partial charge in [-0.2, -0.15) is 26.3 Å². The number of amides is 1. The molecule has 0 spiro atoms. The first-order valence-electron chi connectivity index (χ1n) is 9.67. The summed E-state index contributed by atoms with van der Waals surface area (Å²) in [5.74, 6) is -0.564. The molecule has 1 amide bonds. The van der Waals surface area contributed by atoms with Gasteiger partial charge < -0.3 is 15.5 Å². The van der Waals surface area contributed by atoms with Crippen LogP contribution < -0.4 is 10.6 Å². The van der Waals surface area contributed by atoms with Crippen LogP contribution in [0.1, 0.15) is 32.1 Å². The number of carbonyl (C=O) groups excluding carboxylic acids is 1. The predicted molar refractivity (Wildman–Crippen MR) is 117 cm³/mol. The highest BCUT2D eigenvalue weighted by Crippen LogP contribution is 2.50. The lowest BCUT2D eigenvalue weighted by Crippen LogP contribution is -2.42. The van der Waals surface area contributed by atoms with Gasteiger partial charge in [-0.1, -0.05) is 28.4 Å². The van der Waals surface area contributed by atoms with Crippen LogP contribution in [-0.2, 0) is 10.4 Å². The van der Waals surface area contributed by atoms with E-state index in [0.29, 0.717) is 5.56 Å². The van der Waals surface area contributed by atoms with Crippen molar-refractivity contribution in [1.29, 1.82) is 0 Å². The van der Waals surface area contributed by atoms with E-state index in [9.17, 15) is 31.1 Å². The summed E-state index contributed by atoms with van der Waals surface area (Å²) in [6.07, 6.45) is -9.90. The molecule has 1 aromatic carbocycles. The summed E-state index contributed by atoms with van der Waals surface area (Å²) in [6.45, 7) is 0.211. The summed E-state index contributed by atoms with van der Waals surface area (Å²) in [7, 11) is 0. The standard InChI is InChI=1S/C20H17Cl2F6N3O2S/c1-10-4-15(34-16(10)17(32)30-3-2-29-9-19(23,24)25)14-8-18(33-31-14,20(26,27)28)11-5-12(21)7-13(22)6-11/h4-7,29H,2-3,8-9H2,1H3,(H,30,32). The molecule has 0 saturated carbocycles. The molecule has 34 heavy (non-hydrogen) atoms. The zero-order valence-corrected chi connectivity index (χ0v) is 19.7. The molecule has 186 valence electrons. The smallest absolute Gasteiger partial charge is 0.374 e. The molecule has 5 nitrogen and oxygen atoms in total. The number of rotatable bonds is 7. The fraction of sp³-hybridized carbons (Fsp3) is 0.400. The minimum atomic E-state index is -4.86. The SMILES string of the molecule is Cc1cc(C2=NOC(c3cc(Cl)cc(Cl)c3)(C(F)(F)F)C2)sc1C(=O)NCCNCC(F)(F)F. The molecule has 2 heterocycles. The van der Waals surface area contributed by atoms with Crippen molar-refractivity contribution in [1.82, 2.24) is 10.6 Å². The first-order valence-corrected chi connectivity index (χ1v) is 11.2. The maximum absolute atomic E-state index is 14.1. The van der Waals surface area contributed by atoms with Crippen LogP contribution >= 0.6 is 34.5 Å². The van der Waals surface area contributed by atoms with Gasteiger partial charge >= 0.3 is 12.4 Å². The molecule has 1 unspecified atom stereocenters. The van der Waals surface area contributed by atoms with Crippen LogP contribution in [-0.4, -0.2) is 43.6 Å². The maximum Gasteiger partial charge on any atom is 0.435 e. The Bertz CT molecular complexity index is 1080. The number of hydrogen-bond donors (Lipinski definition) is 2. The molecule has 0 aliphatic carbocycles. The van der Waals surface area contributed by atoms with E-state index in [2.05, 4.69) is 15.8 Å². The largest absolute Gasteiger partial charge is 0.435 e. The zero-order valence-electron chi connectivity index (χ0n) is 17.3. The molecule has 0 radical (unpaired) electrons. The van der Waals surface area contributed by atoms with Gasteiger partial charge in [-0.25, -0.2) is 0 Å². The van der Waals surface area contributed by atoms with Crippen LogP contribution in [0.5, 0.6) is 0 Å². The van der Waals surface area contributed by atoms with Crippen LogP contribution in [0.15, 0.2) is 29.4 Å². The van der Waals surface area contributed by atoms with E-state index in [4.69, 9.17) is 28.0 Å². The van der Waals surface area contributed by atoms with Crippen LogP contribution in [0.25, 0.3) is 0 Å². The van der Waals surface area contributed by atoms with Crippen molar-refractivity contribution in [2.75, 3.05) is 19.6 Å². The van der Waals surface area contributed by atoms with Crippen molar-refractivity contribution in [3.8, 4) is 0 Å². The molecular weight excluding hydrogens is 531 g/mol. The van der Waals surface area contributed by atoms with Gasteiger partial charge in [0.1, 0.15) is 5.71 Å². The van der Waals surface area contributed by atoms with E-state index in [1.807, 2.05) is 0 Å². The molecule has 3 rings (SSSR count). The van der Waals surface area contributed by atoms with Gasteiger partial charge in [0.25, 0.3) is 11.5 Å². The Labute approximate surface area is 204 Å². The van der Waals surface area contributed by atoms with Crippen molar-refractivity contribution in [2.45, 2.75) is 31.3 Å². The topological polar surface area (TPSA) is 62.7 Å². The Morgan fingerprint density at radius 3 is 2.35 bits per heavy atom. The van der Waals surface area contributed by atoms with Gasteiger partial charge in [-0.05, 0) is 36.8 Å². The normalized spacial score (nSPS) is 18.6. The minimum absolute atomic E-state index is 0.00109. The number of benzene rings is 1. The second kappa shape index (κ2) is 9.92.